The Labute approximate surface area is 119 Å². The molecule has 4 heteroatoms. The number of nitrogens with one attached hydrogen (secondary N) is 1. The molecular formula is C15H24N2OS. The molecule has 1 aromatic rings. The molecule has 0 bridgehead atoms. The zero-order valence-electron chi connectivity index (χ0n) is 11.6. The number of hydrogen-bond acceptors (Lipinski definition) is 4. The lowest BCUT2D eigenvalue weighted by molar-refractivity contribution is 0.0373. The van der Waals surface area contributed by atoms with Crippen molar-refractivity contribution < 1.29 is 4.74 Å². The van der Waals surface area contributed by atoms with Gasteiger partial charge in [-0.05, 0) is 55.8 Å². The predicted molar refractivity (Wildman–Crippen MR) is 79.9 cm³/mol. The standard InChI is InChI=1S/C15H24N2OS/c1-3-14(13-5-12-19-15(13)4-1)16-6-2-7-17-8-10-18-11-9-17/h5,12,14,16H,1-4,6-11H2. The van der Waals surface area contributed by atoms with Gasteiger partial charge in [-0.25, -0.2) is 0 Å². The summed E-state index contributed by atoms with van der Waals surface area (Å²) in [5, 5.41) is 6.00. The summed E-state index contributed by atoms with van der Waals surface area (Å²) in [6.07, 6.45) is 5.19. The highest BCUT2D eigenvalue weighted by atomic mass is 32.1. The van der Waals surface area contributed by atoms with Crippen molar-refractivity contribution in [1.29, 1.82) is 0 Å². The van der Waals surface area contributed by atoms with E-state index >= 15 is 0 Å². The van der Waals surface area contributed by atoms with Gasteiger partial charge < -0.3 is 10.1 Å². The number of ether oxygens (including phenoxy) is 1. The Hall–Kier alpha value is -0.420. The Morgan fingerprint density at radius 3 is 3.16 bits per heavy atom. The van der Waals surface area contributed by atoms with E-state index in [4.69, 9.17) is 4.74 Å². The first-order chi connectivity index (χ1) is 9.43. The summed E-state index contributed by atoms with van der Waals surface area (Å²) < 4.78 is 5.38. The minimum atomic E-state index is 0.611. The Balaban J connectivity index is 1.39. The molecule has 1 aliphatic carbocycles. The Morgan fingerprint density at radius 2 is 2.26 bits per heavy atom. The maximum absolute atomic E-state index is 5.38. The van der Waals surface area contributed by atoms with E-state index in [9.17, 15) is 0 Å². The van der Waals surface area contributed by atoms with E-state index in [1.54, 1.807) is 10.4 Å². The smallest absolute Gasteiger partial charge is 0.0594 e. The number of hydrogen-bond donors (Lipinski definition) is 1. The van der Waals surface area contributed by atoms with Gasteiger partial charge in [0.25, 0.3) is 0 Å². The van der Waals surface area contributed by atoms with Crippen LogP contribution in [-0.4, -0.2) is 44.3 Å². The number of fused-ring (bicyclic) bond motifs is 1. The van der Waals surface area contributed by atoms with E-state index in [-0.39, 0.29) is 0 Å². The van der Waals surface area contributed by atoms with Gasteiger partial charge in [-0.2, -0.15) is 0 Å². The van der Waals surface area contributed by atoms with Crippen LogP contribution >= 0.6 is 11.3 Å². The first-order valence-electron chi connectivity index (χ1n) is 7.53. The first kappa shape index (κ1) is 13.6. The number of rotatable bonds is 5. The van der Waals surface area contributed by atoms with Crippen LogP contribution in [0.4, 0.5) is 0 Å². The molecule has 19 heavy (non-hydrogen) atoms. The van der Waals surface area contributed by atoms with Crippen LogP contribution < -0.4 is 5.32 Å². The lowest BCUT2D eigenvalue weighted by Gasteiger charge is -2.27. The summed E-state index contributed by atoms with van der Waals surface area (Å²) in [6.45, 7) is 6.38. The van der Waals surface area contributed by atoms with Gasteiger partial charge in [0.05, 0.1) is 13.2 Å². The summed E-state index contributed by atoms with van der Waals surface area (Å²) in [5.41, 5.74) is 1.57. The van der Waals surface area contributed by atoms with Crippen LogP contribution in [0.1, 0.15) is 35.7 Å². The van der Waals surface area contributed by atoms with Crippen molar-refractivity contribution in [2.24, 2.45) is 0 Å². The molecule has 1 saturated heterocycles. The maximum atomic E-state index is 5.38. The van der Waals surface area contributed by atoms with Crippen molar-refractivity contribution in [2.45, 2.75) is 31.7 Å². The van der Waals surface area contributed by atoms with E-state index in [1.807, 2.05) is 11.3 Å². The molecule has 1 aliphatic heterocycles. The largest absolute Gasteiger partial charge is 0.379 e. The molecule has 0 radical (unpaired) electrons. The molecule has 1 fully saturated rings. The van der Waals surface area contributed by atoms with E-state index in [2.05, 4.69) is 21.7 Å². The second-order valence-corrected chi connectivity index (χ2v) is 6.51. The molecule has 2 aliphatic rings. The molecule has 3 rings (SSSR count). The fraction of sp³-hybridized carbons (Fsp3) is 0.733. The van der Waals surface area contributed by atoms with Crippen LogP contribution in [-0.2, 0) is 11.2 Å². The SMILES string of the molecule is c1cc2c(s1)CCCC2NCCCN1CCOCC1. The number of thiophene rings is 1. The second-order valence-electron chi connectivity index (χ2n) is 5.51. The monoisotopic (exact) mass is 280 g/mol. The minimum Gasteiger partial charge on any atom is -0.379 e. The summed E-state index contributed by atoms with van der Waals surface area (Å²) in [6, 6.07) is 2.93. The van der Waals surface area contributed by atoms with Crippen LogP contribution in [0, 0.1) is 0 Å². The highest BCUT2D eigenvalue weighted by Gasteiger charge is 2.20. The molecule has 0 spiro atoms. The van der Waals surface area contributed by atoms with Crippen molar-refractivity contribution in [3.05, 3.63) is 21.9 Å². The molecule has 0 saturated carbocycles. The minimum absolute atomic E-state index is 0.611. The van der Waals surface area contributed by atoms with Gasteiger partial charge in [0.1, 0.15) is 0 Å². The predicted octanol–water partition coefficient (Wildman–Crippen LogP) is 2.44. The van der Waals surface area contributed by atoms with Crippen molar-refractivity contribution in [3.8, 4) is 0 Å². The highest BCUT2D eigenvalue weighted by molar-refractivity contribution is 7.10. The first-order valence-corrected chi connectivity index (χ1v) is 8.41. The molecule has 1 unspecified atom stereocenters. The van der Waals surface area contributed by atoms with Crippen molar-refractivity contribution >= 4 is 11.3 Å². The molecular weight excluding hydrogens is 256 g/mol. The van der Waals surface area contributed by atoms with Gasteiger partial charge in [0, 0.05) is 24.0 Å². The fourth-order valence-electron chi connectivity index (χ4n) is 3.10. The van der Waals surface area contributed by atoms with E-state index < -0.39 is 0 Å². The van der Waals surface area contributed by atoms with Gasteiger partial charge in [0.2, 0.25) is 0 Å². The van der Waals surface area contributed by atoms with Gasteiger partial charge in [-0.15, -0.1) is 11.3 Å². The normalized spacial score (nSPS) is 24.3. The van der Waals surface area contributed by atoms with Crippen molar-refractivity contribution in [2.75, 3.05) is 39.4 Å². The number of morpholine rings is 1. The molecule has 0 aromatic carbocycles. The lowest BCUT2D eigenvalue weighted by atomic mass is 9.94. The van der Waals surface area contributed by atoms with Gasteiger partial charge in [-0.3, -0.25) is 4.90 Å². The molecule has 3 nitrogen and oxygen atoms in total. The van der Waals surface area contributed by atoms with Crippen LogP contribution in [0.15, 0.2) is 11.4 Å². The summed E-state index contributed by atoms with van der Waals surface area (Å²) in [7, 11) is 0. The van der Waals surface area contributed by atoms with Crippen molar-refractivity contribution in [1.82, 2.24) is 10.2 Å². The highest BCUT2D eigenvalue weighted by Crippen LogP contribution is 2.33. The van der Waals surface area contributed by atoms with Crippen LogP contribution in [0.25, 0.3) is 0 Å². The lowest BCUT2D eigenvalue weighted by Crippen LogP contribution is -2.38. The molecule has 1 N–H and O–H groups in total. The van der Waals surface area contributed by atoms with Crippen LogP contribution in [0.3, 0.4) is 0 Å². The average molecular weight is 280 g/mol. The van der Waals surface area contributed by atoms with E-state index in [1.165, 1.54) is 32.2 Å². The zero-order valence-corrected chi connectivity index (χ0v) is 12.4. The van der Waals surface area contributed by atoms with E-state index in [0.717, 1.165) is 32.8 Å². The Bertz CT molecular complexity index is 387. The maximum Gasteiger partial charge on any atom is 0.0594 e. The fourth-order valence-corrected chi connectivity index (χ4v) is 4.09. The van der Waals surface area contributed by atoms with Gasteiger partial charge >= 0.3 is 0 Å². The Kier molecular flexibility index (Phi) is 4.88. The average Bonchev–Trinajstić information content (AvgIpc) is 2.94. The van der Waals surface area contributed by atoms with Crippen LogP contribution in [0.5, 0.6) is 0 Å². The van der Waals surface area contributed by atoms with E-state index in [0.29, 0.717) is 6.04 Å². The third kappa shape index (κ3) is 3.57. The van der Waals surface area contributed by atoms with Gasteiger partial charge in [0.15, 0.2) is 0 Å². The molecule has 1 atom stereocenters. The molecule has 2 heterocycles. The quantitative estimate of drug-likeness (QED) is 0.839. The molecule has 1 aromatic heterocycles. The topological polar surface area (TPSA) is 24.5 Å². The van der Waals surface area contributed by atoms with Gasteiger partial charge in [-0.1, -0.05) is 0 Å². The van der Waals surface area contributed by atoms with Crippen LogP contribution in [0.2, 0.25) is 0 Å². The number of aryl methyl sites for hydroxylation is 1. The second kappa shape index (κ2) is 6.84. The molecule has 106 valence electrons. The number of nitrogens with zero attached hydrogens (tertiary/aromatic N) is 1. The third-order valence-corrected chi connectivity index (χ3v) is 5.19. The summed E-state index contributed by atoms with van der Waals surface area (Å²) in [4.78, 5) is 4.12. The third-order valence-electron chi connectivity index (χ3n) is 4.20. The summed E-state index contributed by atoms with van der Waals surface area (Å²) in [5.74, 6) is 0. The zero-order chi connectivity index (χ0) is 12.9. The Morgan fingerprint density at radius 1 is 1.37 bits per heavy atom. The summed E-state index contributed by atoms with van der Waals surface area (Å²) >= 11 is 1.93. The molecule has 0 amide bonds. The van der Waals surface area contributed by atoms with Crippen molar-refractivity contribution in [3.63, 3.8) is 0 Å².